The van der Waals surface area contributed by atoms with Crippen molar-refractivity contribution in [3.63, 3.8) is 0 Å². The van der Waals surface area contributed by atoms with Gasteiger partial charge in [0.15, 0.2) is 0 Å². The van der Waals surface area contributed by atoms with Crippen molar-refractivity contribution in [2.24, 2.45) is 5.92 Å². The zero-order valence-electron chi connectivity index (χ0n) is 11.2. The molecule has 2 N–H and O–H groups in total. The minimum Gasteiger partial charge on any atom is -0.399 e. The molecule has 3 nitrogen and oxygen atoms in total. The van der Waals surface area contributed by atoms with Crippen LogP contribution in [0.1, 0.15) is 24.0 Å². The zero-order chi connectivity index (χ0) is 12.5. The van der Waals surface area contributed by atoms with E-state index in [1.54, 1.807) is 0 Å². The van der Waals surface area contributed by atoms with E-state index < -0.39 is 0 Å². The van der Waals surface area contributed by atoms with Crippen LogP contribution in [0.25, 0.3) is 0 Å². The Morgan fingerprint density at radius 2 is 1.89 bits per heavy atom. The molecule has 1 fully saturated rings. The first kappa shape index (κ1) is 12.0. The highest BCUT2D eigenvalue weighted by atomic mass is 15.1. The summed E-state index contributed by atoms with van der Waals surface area (Å²) in [7, 11) is 2.23. The third kappa shape index (κ3) is 2.52. The molecule has 0 radical (unpaired) electrons. The molecule has 2 heterocycles. The monoisotopic (exact) mass is 245 g/mol. The van der Waals surface area contributed by atoms with E-state index in [9.17, 15) is 0 Å². The normalized spacial score (nSPS) is 22.3. The zero-order valence-corrected chi connectivity index (χ0v) is 11.2. The van der Waals surface area contributed by atoms with E-state index in [0.29, 0.717) is 0 Å². The number of rotatable bonds is 2. The molecule has 2 aliphatic heterocycles. The molecular formula is C15H23N3. The van der Waals surface area contributed by atoms with Crippen molar-refractivity contribution < 1.29 is 0 Å². The number of fused-ring (bicyclic) bond motifs is 1. The number of benzene rings is 1. The standard InChI is InChI=1S/C15H23N3/c1-17-6-4-12(5-7-17)9-18-10-13-2-3-15(16)8-14(13)11-18/h2-3,8,12H,4-7,9-11,16H2,1H3. The van der Waals surface area contributed by atoms with E-state index >= 15 is 0 Å². The van der Waals surface area contributed by atoms with Crippen LogP contribution in [0.3, 0.4) is 0 Å². The molecule has 0 saturated carbocycles. The van der Waals surface area contributed by atoms with Gasteiger partial charge in [-0.05, 0) is 62.2 Å². The molecule has 1 aromatic carbocycles. The lowest BCUT2D eigenvalue weighted by molar-refractivity contribution is 0.160. The van der Waals surface area contributed by atoms with Crippen LogP contribution in [-0.2, 0) is 13.1 Å². The quantitative estimate of drug-likeness (QED) is 0.808. The second kappa shape index (κ2) is 4.90. The lowest BCUT2D eigenvalue weighted by Crippen LogP contribution is -2.35. The molecule has 3 heteroatoms. The van der Waals surface area contributed by atoms with Crippen LogP contribution in [0.4, 0.5) is 5.69 Å². The van der Waals surface area contributed by atoms with Crippen molar-refractivity contribution in [3.8, 4) is 0 Å². The largest absolute Gasteiger partial charge is 0.399 e. The summed E-state index contributed by atoms with van der Waals surface area (Å²) < 4.78 is 0. The molecule has 1 saturated heterocycles. The first-order valence-electron chi connectivity index (χ1n) is 6.99. The number of likely N-dealkylation sites (tertiary alicyclic amines) is 1. The maximum absolute atomic E-state index is 5.85. The molecule has 0 aromatic heterocycles. The predicted molar refractivity (Wildman–Crippen MR) is 75.2 cm³/mol. The maximum Gasteiger partial charge on any atom is 0.0317 e. The van der Waals surface area contributed by atoms with Crippen LogP contribution >= 0.6 is 0 Å². The Bertz CT molecular complexity index is 422. The minimum atomic E-state index is 0.882. The molecule has 0 aliphatic carbocycles. The fraction of sp³-hybridized carbons (Fsp3) is 0.600. The lowest BCUT2D eigenvalue weighted by Gasteiger charge is -2.31. The molecule has 1 aromatic rings. The fourth-order valence-corrected chi connectivity index (χ4v) is 3.22. The van der Waals surface area contributed by atoms with Crippen molar-refractivity contribution >= 4 is 5.69 Å². The summed E-state index contributed by atoms with van der Waals surface area (Å²) in [5, 5.41) is 0. The molecule has 3 rings (SSSR count). The third-order valence-electron chi connectivity index (χ3n) is 4.37. The number of anilines is 1. The second-order valence-electron chi connectivity index (χ2n) is 5.94. The predicted octanol–water partition coefficient (Wildman–Crippen LogP) is 1.93. The molecule has 0 bridgehead atoms. The Morgan fingerprint density at radius 3 is 2.67 bits per heavy atom. The molecule has 0 spiro atoms. The van der Waals surface area contributed by atoms with Gasteiger partial charge in [-0.3, -0.25) is 4.90 Å². The van der Waals surface area contributed by atoms with Gasteiger partial charge in [-0.1, -0.05) is 6.07 Å². The highest BCUT2D eigenvalue weighted by molar-refractivity contribution is 5.46. The summed E-state index contributed by atoms with van der Waals surface area (Å²) in [6.45, 7) is 5.98. The van der Waals surface area contributed by atoms with Crippen molar-refractivity contribution in [3.05, 3.63) is 29.3 Å². The molecule has 18 heavy (non-hydrogen) atoms. The average molecular weight is 245 g/mol. The van der Waals surface area contributed by atoms with Crippen molar-refractivity contribution in [1.82, 2.24) is 9.80 Å². The number of nitrogens with two attached hydrogens (primary N) is 1. The van der Waals surface area contributed by atoms with Gasteiger partial charge in [-0.15, -0.1) is 0 Å². The summed E-state index contributed by atoms with van der Waals surface area (Å²) >= 11 is 0. The maximum atomic E-state index is 5.85. The van der Waals surface area contributed by atoms with Crippen molar-refractivity contribution in [2.75, 3.05) is 32.4 Å². The van der Waals surface area contributed by atoms with E-state index in [1.165, 1.54) is 43.6 Å². The molecular weight excluding hydrogens is 222 g/mol. The summed E-state index contributed by atoms with van der Waals surface area (Å²) in [5.74, 6) is 0.882. The smallest absolute Gasteiger partial charge is 0.0317 e. The summed E-state index contributed by atoms with van der Waals surface area (Å²) in [5.41, 5.74) is 9.65. The Balaban J connectivity index is 1.58. The van der Waals surface area contributed by atoms with Crippen molar-refractivity contribution in [2.45, 2.75) is 25.9 Å². The first-order chi connectivity index (χ1) is 8.70. The van der Waals surface area contributed by atoms with Gasteiger partial charge in [0.25, 0.3) is 0 Å². The van der Waals surface area contributed by atoms with Crippen LogP contribution in [-0.4, -0.2) is 36.5 Å². The number of hydrogen-bond acceptors (Lipinski definition) is 3. The third-order valence-corrected chi connectivity index (χ3v) is 4.37. The van der Waals surface area contributed by atoms with E-state index in [4.69, 9.17) is 5.73 Å². The number of nitrogen functional groups attached to an aromatic ring is 1. The number of hydrogen-bond donors (Lipinski definition) is 1. The first-order valence-corrected chi connectivity index (χ1v) is 6.99. The van der Waals surface area contributed by atoms with E-state index in [2.05, 4.69) is 29.0 Å². The van der Waals surface area contributed by atoms with Crippen LogP contribution in [0.2, 0.25) is 0 Å². The molecule has 0 unspecified atom stereocenters. The van der Waals surface area contributed by atoms with Gasteiger partial charge in [0, 0.05) is 25.3 Å². The van der Waals surface area contributed by atoms with Gasteiger partial charge < -0.3 is 10.6 Å². The summed E-state index contributed by atoms with van der Waals surface area (Å²) in [6, 6.07) is 6.36. The fourth-order valence-electron chi connectivity index (χ4n) is 3.22. The van der Waals surface area contributed by atoms with Gasteiger partial charge in [-0.2, -0.15) is 0 Å². The van der Waals surface area contributed by atoms with Gasteiger partial charge in [0.1, 0.15) is 0 Å². The van der Waals surface area contributed by atoms with Crippen LogP contribution in [0, 0.1) is 5.92 Å². The highest BCUT2D eigenvalue weighted by Crippen LogP contribution is 2.27. The average Bonchev–Trinajstić information content (AvgIpc) is 2.73. The lowest BCUT2D eigenvalue weighted by atomic mass is 9.97. The number of nitrogens with zero attached hydrogens (tertiary/aromatic N) is 2. The van der Waals surface area contributed by atoms with Gasteiger partial charge in [0.2, 0.25) is 0 Å². The summed E-state index contributed by atoms with van der Waals surface area (Å²) in [4.78, 5) is 5.02. The Labute approximate surface area is 110 Å². The van der Waals surface area contributed by atoms with Gasteiger partial charge >= 0.3 is 0 Å². The van der Waals surface area contributed by atoms with Crippen molar-refractivity contribution in [1.29, 1.82) is 0 Å². The Hall–Kier alpha value is -1.06. The SMILES string of the molecule is CN1CCC(CN2Cc3ccc(N)cc3C2)CC1. The van der Waals surface area contributed by atoms with Crippen LogP contribution < -0.4 is 5.73 Å². The number of piperidine rings is 1. The Morgan fingerprint density at radius 1 is 1.17 bits per heavy atom. The van der Waals surface area contributed by atoms with E-state index in [0.717, 1.165) is 24.7 Å². The molecule has 2 aliphatic rings. The molecule has 98 valence electrons. The minimum absolute atomic E-state index is 0.882. The molecule has 0 amide bonds. The van der Waals surface area contributed by atoms with E-state index in [-0.39, 0.29) is 0 Å². The topological polar surface area (TPSA) is 32.5 Å². The van der Waals surface area contributed by atoms with E-state index in [1.807, 2.05) is 6.07 Å². The van der Waals surface area contributed by atoms with Gasteiger partial charge in [-0.25, -0.2) is 0 Å². The van der Waals surface area contributed by atoms with Crippen LogP contribution in [0.5, 0.6) is 0 Å². The van der Waals surface area contributed by atoms with Gasteiger partial charge in [0.05, 0.1) is 0 Å². The second-order valence-corrected chi connectivity index (χ2v) is 5.94. The molecule has 0 atom stereocenters. The van der Waals surface area contributed by atoms with Crippen LogP contribution in [0.15, 0.2) is 18.2 Å². The highest BCUT2D eigenvalue weighted by Gasteiger charge is 2.24. The summed E-state index contributed by atoms with van der Waals surface area (Å²) in [6.07, 6.45) is 2.71. The Kier molecular flexibility index (Phi) is 3.27.